The van der Waals surface area contributed by atoms with E-state index in [2.05, 4.69) is 0 Å². The lowest BCUT2D eigenvalue weighted by Crippen LogP contribution is -2.29. The minimum atomic E-state index is -0.354. The highest BCUT2D eigenvalue weighted by molar-refractivity contribution is 5.81. The van der Waals surface area contributed by atoms with Gasteiger partial charge < -0.3 is 4.74 Å². The van der Waals surface area contributed by atoms with E-state index in [-0.39, 0.29) is 17.7 Å². The van der Waals surface area contributed by atoms with Crippen LogP contribution in [0.1, 0.15) is 18.9 Å². The third-order valence-electron chi connectivity index (χ3n) is 2.42. The van der Waals surface area contributed by atoms with Crippen molar-refractivity contribution in [2.24, 2.45) is 0 Å². The zero-order chi connectivity index (χ0) is 10.1. The molecule has 0 saturated heterocycles. The summed E-state index contributed by atoms with van der Waals surface area (Å²) < 4.78 is 18.3. The lowest BCUT2D eigenvalue weighted by Gasteiger charge is -2.23. The van der Waals surface area contributed by atoms with Gasteiger partial charge in [-0.3, -0.25) is 4.79 Å². The summed E-state index contributed by atoms with van der Waals surface area (Å²) in [5, 5.41) is 0. The Labute approximate surface area is 81.7 Å². The van der Waals surface area contributed by atoms with Crippen molar-refractivity contribution >= 4 is 5.78 Å². The van der Waals surface area contributed by atoms with Crippen molar-refractivity contribution in [2.75, 3.05) is 0 Å². The molecule has 0 radical (unpaired) electrons. The number of hydrogen-bond donors (Lipinski definition) is 0. The van der Waals surface area contributed by atoms with Crippen LogP contribution in [0.3, 0.4) is 0 Å². The van der Waals surface area contributed by atoms with Crippen molar-refractivity contribution in [1.82, 2.24) is 0 Å². The first-order valence-electron chi connectivity index (χ1n) is 4.62. The van der Waals surface area contributed by atoms with Crippen LogP contribution in [0, 0.1) is 5.82 Å². The van der Waals surface area contributed by atoms with Gasteiger partial charge in [-0.05, 0) is 43.5 Å². The van der Waals surface area contributed by atoms with Gasteiger partial charge in [0.15, 0.2) is 11.9 Å². The van der Waals surface area contributed by atoms with E-state index in [1.165, 1.54) is 19.1 Å². The Morgan fingerprint density at radius 1 is 1.57 bits per heavy atom. The molecule has 0 aliphatic carbocycles. The van der Waals surface area contributed by atoms with Crippen LogP contribution in [-0.2, 0) is 11.2 Å². The van der Waals surface area contributed by atoms with Crippen LogP contribution in [0.15, 0.2) is 18.2 Å². The summed E-state index contributed by atoms with van der Waals surface area (Å²) in [7, 11) is 0. The summed E-state index contributed by atoms with van der Waals surface area (Å²) in [5.74, 6) is 0.409. The molecule has 0 spiro atoms. The number of fused-ring (bicyclic) bond motifs is 1. The van der Waals surface area contributed by atoms with Crippen LogP contribution >= 0.6 is 0 Å². The Kier molecular flexibility index (Phi) is 2.23. The normalized spacial score (nSPS) is 19.7. The Bertz CT molecular complexity index is 374. The SMILES string of the molecule is CC(=O)C1CCc2cc(F)ccc2O1. The second-order valence-corrected chi connectivity index (χ2v) is 3.51. The molecule has 1 atom stereocenters. The van der Waals surface area contributed by atoms with E-state index < -0.39 is 0 Å². The molecule has 1 aliphatic heterocycles. The molecule has 1 heterocycles. The molecule has 2 rings (SSSR count). The molecule has 2 nitrogen and oxygen atoms in total. The summed E-state index contributed by atoms with van der Waals surface area (Å²) in [6, 6.07) is 4.40. The average Bonchev–Trinajstić information content (AvgIpc) is 2.16. The maximum Gasteiger partial charge on any atom is 0.170 e. The number of halogens is 1. The molecule has 0 fully saturated rings. The predicted molar refractivity (Wildman–Crippen MR) is 49.8 cm³/mol. The Morgan fingerprint density at radius 2 is 2.36 bits per heavy atom. The highest BCUT2D eigenvalue weighted by Gasteiger charge is 2.23. The van der Waals surface area contributed by atoms with E-state index in [9.17, 15) is 9.18 Å². The number of hydrogen-bond acceptors (Lipinski definition) is 2. The molecule has 74 valence electrons. The van der Waals surface area contributed by atoms with Crippen LogP contribution in [0.4, 0.5) is 4.39 Å². The molecular weight excluding hydrogens is 183 g/mol. The topological polar surface area (TPSA) is 26.3 Å². The first-order chi connectivity index (χ1) is 6.66. The summed E-state index contributed by atoms with van der Waals surface area (Å²) >= 11 is 0. The van der Waals surface area contributed by atoms with Crippen molar-refractivity contribution in [3.8, 4) is 5.75 Å². The zero-order valence-electron chi connectivity index (χ0n) is 7.92. The highest BCUT2D eigenvalue weighted by Crippen LogP contribution is 2.28. The molecule has 1 aliphatic rings. The van der Waals surface area contributed by atoms with Crippen LogP contribution in [0.2, 0.25) is 0 Å². The lowest BCUT2D eigenvalue weighted by atomic mass is 10.0. The number of rotatable bonds is 1. The predicted octanol–water partition coefficient (Wildman–Crippen LogP) is 2.11. The van der Waals surface area contributed by atoms with Crippen LogP contribution < -0.4 is 4.74 Å². The molecular formula is C11H11FO2. The Hall–Kier alpha value is -1.38. The maximum absolute atomic E-state index is 12.8. The van der Waals surface area contributed by atoms with Crippen molar-refractivity contribution in [1.29, 1.82) is 0 Å². The second-order valence-electron chi connectivity index (χ2n) is 3.51. The average molecular weight is 194 g/mol. The molecule has 14 heavy (non-hydrogen) atoms. The fourth-order valence-corrected chi connectivity index (χ4v) is 1.64. The van der Waals surface area contributed by atoms with Crippen molar-refractivity contribution in [3.63, 3.8) is 0 Å². The van der Waals surface area contributed by atoms with Gasteiger partial charge >= 0.3 is 0 Å². The molecule has 3 heteroatoms. The standard InChI is InChI=1S/C11H11FO2/c1-7(13)10-4-2-8-6-9(12)3-5-11(8)14-10/h3,5-6,10H,2,4H2,1H3. The van der Waals surface area contributed by atoms with Gasteiger partial charge in [0, 0.05) is 0 Å². The number of ketones is 1. The fraction of sp³-hybridized carbons (Fsp3) is 0.364. The smallest absolute Gasteiger partial charge is 0.170 e. The van der Waals surface area contributed by atoms with Crippen LogP contribution in [0.25, 0.3) is 0 Å². The number of carbonyl (C=O) groups excluding carboxylic acids is 1. The molecule has 1 unspecified atom stereocenters. The monoisotopic (exact) mass is 194 g/mol. The second kappa shape index (κ2) is 3.40. The molecule has 0 bridgehead atoms. The number of aryl methyl sites for hydroxylation is 1. The summed E-state index contributed by atoms with van der Waals surface area (Å²) in [4.78, 5) is 11.1. The molecule has 0 amide bonds. The van der Waals surface area contributed by atoms with Gasteiger partial charge in [0.25, 0.3) is 0 Å². The van der Waals surface area contributed by atoms with E-state index >= 15 is 0 Å². The quantitative estimate of drug-likeness (QED) is 0.684. The minimum absolute atomic E-state index is 0.0278. The molecule has 0 aromatic heterocycles. The van der Waals surface area contributed by atoms with E-state index in [1.54, 1.807) is 6.07 Å². The minimum Gasteiger partial charge on any atom is -0.482 e. The maximum atomic E-state index is 12.8. The van der Waals surface area contributed by atoms with Crippen LogP contribution in [0.5, 0.6) is 5.75 Å². The first kappa shape index (κ1) is 9.19. The van der Waals surface area contributed by atoms with Gasteiger partial charge in [0.1, 0.15) is 11.6 Å². The highest BCUT2D eigenvalue weighted by atomic mass is 19.1. The van der Waals surface area contributed by atoms with Gasteiger partial charge in [-0.15, -0.1) is 0 Å². The molecule has 1 aromatic carbocycles. The number of carbonyl (C=O) groups is 1. The number of Topliss-reactive ketones (excluding diaryl/α,β-unsaturated/α-hetero) is 1. The number of ether oxygens (including phenoxy) is 1. The van der Waals surface area contributed by atoms with Crippen molar-refractivity contribution < 1.29 is 13.9 Å². The van der Waals surface area contributed by atoms with Gasteiger partial charge in [-0.25, -0.2) is 4.39 Å². The van der Waals surface area contributed by atoms with E-state index in [0.29, 0.717) is 18.6 Å². The fourth-order valence-electron chi connectivity index (χ4n) is 1.64. The van der Waals surface area contributed by atoms with Gasteiger partial charge in [0.2, 0.25) is 0 Å². The third-order valence-corrected chi connectivity index (χ3v) is 2.42. The number of benzene rings is 1. The molecule has 1 aromatic rings. The third kappa shape index (κ3) is 1.62. The van der Waals surface area contributed by atoms with E-state index in [4.69, 9.17) is 4.74 Å². The summed E-state index contributed by atoms with van der Waals surface area (Å²) in [6.45, 7) is 1.51. The Morgan fingerprint density at radius 3 is 3.07 bits per heavy atom. The summed E-state index contributed by atoms with van der Waals surface area (Å²) in [6.07, 6.45) is 0.997. The largest absolute Gasteiger partial charge is 0.482 e. The van der Waals surface area contributed by atoms with E-state index in [0.717, 1.165) is 5.56 Å². The Balaban J connectivity index is 2.27. The van der Waals surface area contributed by atoms with Gasteiger partial charge in [-0.2, -0.15) is 0 Å². The van der Waals surface area contributed by atoms with Gasteiger partial charge in [-0.1, -0.05) is 0 Å². The van der Waals surface area contributed by atoms with Crippen LogP contribution in [-0.4, -0.2) is 11.9 Å². The van der Waals surface area contributed by atoms with Gasteiger partial charge in [0.05, 0.1) is 0 Å². The molecule has 0 N–H and O–H groups in total. The van der Waals surface area contributed by atoms with E-state index in [1.807, 2.05) is 0 Å². The zero-order valence-corrected chi connectivity index (χ0v) is 7.92. The van der Waals surface area contributed by atoms with Crippen molar-refractivity contribution in [2.45, 2.75) is 25.9 Å². The molecule has 0 saturated carbocycles. The first-order valence-corrected chi connectivity index (χ1v) is 4.62. The van der Waals surface area contributed by atoms with Crippen molar-refractivity contribution in [3.05, 3.63) is 29.6 Å². The lowest BCUT2D eigenvalue weighted by molar-refractivity contribution is -0.124. The summed E-state index contributed by atoms with van der Waals surface area (Å²) in [5.41, 5.74) is 0.850.